The van der Waals surface area contributed by atoms with Crippen LogP contribution in [0, 0.1) is 11.3 Å². The molecule has 0 saturated heterocycles. The molecule has 0 N–H and O–H groups in total. The molecule has 0 atom stereocenters. The van der Waals surface area contributed by atoms with Crippen molar-refractivity contribution in [2.24, 2.45) is 0 Å². The summed E-state index contributed by atoms with van der Waals surface area (Å²) in [5, 5.41) is 8.38. The van der Waals surface area contributed by atoms with Gasteiger partial charge >= 0.3 is 6.36 Å². The largest absolute Gasteiger partial charge is 0.573 e. The first-order valence-corrected chi connectivity index (χ1v) is 3.67. The summed E-state index contributed by atoms with van der Waals surface area (Å²) >= 11 is 0. The van der Waals surface area contributed by atoms with Crippen molar-refractivity contribution in [1.82, 2.24) is 4.98 Å². The third kappa shape index (κ3) is 3.09. The van der Waals surface area contributed by atoms with Gasteiger partial charge in [0.25, 0.3) is 0 Å². The van der Waals surface area contributed by atoms with E-state index in [0.717, 1.165) is 12.3 Å². The monoisotopic (exact) mass is 220 g/mol. The van der Waals surface area contributed by atoms with E-state index in [1.165, 1.54) is 6.07 Å². The second-order valence-corrected chi connectivity index (χ2v) is 2.47. The topological polar surface area (TPSA) is 45.9 Å². The van der Waals surface area contributed by atoms with Crippen LogP contribution in [0.4, 0.5) is 17.6 Å². The molecule has 0 aliphatic carbocycles. The SMILES string of the molecule is N#Cc1cc(OC(F)(F)F)c(CF)cn1. The molecule has 1 aromatic rings. The molecule has 1 rings (SSSR count). The molecule has 7 heteroatoms. The molecule has 80 valence electrons. The van der Waals surface area contributed by atoms with Crippen LogP contribution in [0.15, 0.2) is 12.3 Å². The third-order valence-electron chi connectivity index (χ3n) is 1.43. The zero-order valence-electron chi connectivity index (χ0n) is 7.18. The van der Waals surface area contributed by atoms with Gasteiger partial charge in [0.2, 0.25) is 0 Å². The van der Waals surface area contributed by atoms with Crippen molar-refractivity contribution in [3.05, 3.63) is 23.5 Å². The number of hydrogen-bond acceptors (Lipinski definition) is 3. The second kappa shape index (κ2) is 4.13. The molecule has 15 heavy (non-hydrogen) atoms. The van der Waals surface area contributed by atoms with Crippen LogP contribution in [0.1, 0.15) is 11.3 Å². The molecule has 0 aliphatic rings. The lowest BCUT2D eigenvalue weighted by molar-refractivity contribution is -0.275. The van der Waals surface area contributed by atoms with E-state index in [0.29, 0.717) is 0 Å². The highest BCUT2D eigenvalue weighted by Crippen LogP contribution is 2.26. The summed E-state index contributed by atoms with van der Waals surface area (Å²) in [6.45, 7) is -1.15. The number of ether oxygens (including phenoxy) is 1. The van der Waals surface area contributed by atoms with Gasteiger partial charge in [0.1, 0.15) is 24.2 Å². The van der Waals surface area contributed by atoms with Crippen LogP contribution in [-0.2, 0) is 6.67 Å². The number of nitriles is 1. The Kier molecular flexibility index (Phi) is 3.09. The fourth-order valence-electron chi connectivity index (χ4n) is 0.846. The fourth-order valence-corrected chi connectivity index (χ4v) is 0.846. The van der Waals surface area contributed by atoms with Gasteiger partial charge < -0.3 is 4.74 Å². The second-order valence-electron chi connectivity index (χ2n) is 2.47. The van der Waals surface area contributed by atoms with E-state index in [1.54, 1.807) is 0 Å². The van der Waals surface area contributed by atoms with Gasteiger partial charge in [0.05, 0.1) is 0 Å². The van der Waals surface area contributed by atoms with Gasteiger partial charge in [0.15, 0.2) is 0 Å². The minimum absolute atomic E-state index is 0.272. The average molecular weight is 220 g/mol. The average Bonchev–Trinajstić information content (AvgIpc) is 2.15. The molecule has 0 aromatic carbocycles. The first-order chi connectivity index (χ1) is 6.96. The lowest BCUT2D eigenvalue weighted by atomic mass is 10.2. The van der Waals surface area contributed by atoms with Gasteiger partial charge in [-0.3, -0.25) is 0 Å². The Hall–Kier alpha value is -1.84. The summed E-state index contributed by atoms with van der Waals surface area (Å²) in [5.41, 5.74) is -0.627. The summed E-state index contributed by atoms with van der Waals surface area (Å²) in [4.78, 5) is 3.41. The molecule has 1 heterocycles. The van der Waals surface area contributed by atoms with Gasteiger partial charge in [0, 0.05) is 17.8 Å². The van der Waals surface area contributed by atoms with Gasteiger partial charge in [-0.15, -0.1) is 13.2 Å². The first kappa shape index (κ1) is 11.2. The highest BCUT2D eigenvalue weighted by atomic mass is 19.4. The van der Waals surface area contributed by atoms with E-state index in [9.17, 15) is 17.6 Å². The van der Waals surface area contributed by atoms with E-state index in [4.69, 9.17) is 5.26 Å². The highest BCUT2D eigenvalue weighted by Gasteiger charge is 2.32. The molecule has 1 aromatic heterocycles. The zero-order chi connectivity index (χ0) is 11.5. The number of alkyl halides is 4. The van der Waals surface area contributed by atoms with Crippen molar-refractivity contribution in [1.29, 1.82) is 5.26 Å². The van der Waals surface area contributed by atoms with Gasteiger partial charge in [-0.05, 0) is 0 Å². The number of nitrogens with zero attached hydrogens (tertiary/aromatic N) is 2. The lowest BCUT2D eigenvalue weighted by Gasteiger charge is -2.11. The predicted molar refractivity (Wildman–Crippen MR) is 40.4 cm³/mol. The fraction of sp³-hybridized carbons (Fsp3) is 0.250. The maximum absolute atomic E-state index is 12.2. The molecule has 0 bridgehead atoms. The number of rotatable bonds is 2. The molecular weight excluding hydrogens is 216 g/mol. The van der Waals surface area contributed by atoms with Crippen LogP contribution in [0.25, 0.3) is 0 Å². The number of pyridine rings is 1. The summed E-state index contributed by atoms with van der Waals surface area (Å²) in [7, 11) is 0. The van der Waals surface area contributed by atoms with Gasteiger partial charge in [-0.1, -0.05) is 0 Å². The molecule has 0 aliphatic heterocycles. The van der Waals surface area contributed by atoms with Crippen molar-refractivity contribution in [2.45, 2.75) is 13.0 Å². The maximum atomic E-state index is 12.2. The highest BCUT2D eigenvalue weighted by molar-refractivity contribution is 5.37. The van der Waals surface area contributed by atoms with Crippen molar-refractivity contribution in [3.8, 4) is 11.8 Å². The van der Waals surface area contributed by atoms with Gasteiger partial charge in [-0.2, -0.15) is 5.26 Å². The Morgan fingerprint density at radius 2 is 2.13 bits per heavy atom. The zero-order valence-corrected chi connectivity index (χ0v) is 7.18. The predicted octanol–water partition coefficient (Wildman–Crippen LogP) is 2.32. The maximum Gasteiger partial charge on any atom is 0.573 e. The van der Waals surface area contributed by atoms with Crippen LogP contribution < -0.4 is 4.74 Å². The number of hydrogen-bond donors (Lipinski definition) is 0. The van der Waals surface area contributed by atoms with Crippen LogP contribution in [0.2, 0.25) is 0 Å². The lowest BCUT2D eigenvalue weighted by Crippen LogP contribution is -2.18. The molecule has 0 unspecified atom stereocenters. The Morgan fingerprint density at radius 3 is 2.60 bits per heavy atom. The Bertz CT molecular complexity index is 397. The van der Waals surface area contributed by atoms with Crippen molar-refractivity contribution >= 4 is 0 Å². The summed E-state index contributed by atoms with van der Waals surface area (Å²) in [6.07, 6.45) is -4.09. The van der Waals surface area contributed by atoms with Crippen molar-refractivity contribution in [3.63, 3.8) is 0 Å². The Balaban J connectivity index is 3.08. The molecular formula is C8H4F4N2O. The van der Waals surface area contributed by atoms with Crippen LogP contribution in [0.5, 0.6) is 5.75 Å². The van der Waals surface area contributed by atoms with E-state index in [-0.39, 0.29) is 11.3 Å². The number of halogens is 4. The minimum Gasteiger partial charge on any atom is -0.405 e. The van der Waals surface area contributed by atoms with Gasteiger partial charge in [-0.25, -0.2) is 9.37 Å². The molecule has 0 radical (unpaired) electrons. The molecule has 3 nitrogen and oxygen atoms in total. The standard InChI is InChI=1S/C8H4F4N2O/c9-2-5-4-14-6(3-13)1-7(5)15-8(10,11)12/h1,4H,2H2. The molecule has 0 spiro atoms. The third-order valence-corrected chi connectivity index (χ3v) is 1.43. The normalized spacial score (nSPS) is 10.9. The Morgan fingerprint density at radius 1 is 1.47 bits per heavy atom. The molecule has 0 fully saturated rings. The molecule has 0 amide bonds. The minimum atomic E-state index is -4.92. The first-order valence-electron chi connectivity index (χ1n) is 3.67. The summed E-state index contributed by atoms with van der Waals surface area (Å²) in [5.74, 6) is -0.739. The van der Waals surface area contributed by atoms with Crippen LogP contribution >= 0.6 is 0 Å². The van der Waals surface area contributed by atoms with Crippen molar-refractivity contribution in [2.75, 3.05) is 0 Å². The quantitative estimate of drug-likeness (QED) is 0.718. The van der Waals surface area contributed by atoms with Crippen LogP contribution in [-0.4, -0.2) is 11.3 Å². The molecule has 0 saturated carbocycles. The van der Waals surface area contributed by atoms with E-state index in [1.807, 2.05) is 0 Å². The Labute approximate surface area is 81.9 Å². The van der Waals surface area contributed by atoms with Crippen molar-refractivity contribution < 1.29 is 22.3 Å². The van der Waals surface area contributed by atoms with E-state index in [2.05, 4.69) is 9.72 Å². The summed E-state index contributed by atoms with van der Waals surface area (Å²) in [6, 6.07) is 2.26. The van der Waals surface area contributed by atoms with Crippen LogP contribution in [0.3, 0.4) is 0 Å². The number of aromatic nitrogens is 1. The summed E-state index contributed by atoms with van der Waals surface area (Å²) < 4.78 is 51.3. The van der Waals surface area contributed by atoms with E-state index >= 15 is 0 Å². The smallest absolute Gasteiger partial charge is 0.405 e. The van der Waals surface area contributed by atoms with E-state index < -0.39 is 18.8 Å².